The first-order valence-electron chi connectivity index (χ1n) is 6.72. The zero-order valence-corrected chi connectivity index (χ0v) is 11.4. The highest BCUT2D eigenvalue weighted by molar-refractivity contribution is 5.94. The van der Waals surface area contributed by atoms with Gasteiger partial charge in [-0.1, -0.05) is 0 Å². The number of nitrogens with one attached hydrogen (secondary N) is 1. The number of nitrogens with zero attached hydrogens (tertiary/aromatic N) is 4. The van der Waals surface area contributed by atoms with Crippen molar-refractivity contribution in [1.82, 2.24) is 25.0 Å². The molecule has 1 atom stereocenters. The molecule has 1 N–H and O–H groups in total. The first-order valence-corrected chi connectivity index (χ1v) is 6.72. The second kappa shape index (κ2) is 5.42. The van der Waals surface area contributed by atoms with Gasteiger partial charge in [-0.05, 0) is 19.1 Å². The van der Waals surface area contributed by atoms with Crippen molar-refractivity contribution in [2.45, 2.75) is 13.0 Å². The molecule has 104 valence electrons. The molecule has 0 radical (unpaired) electrons. The Morgan fingerprint density at radius 2 is 2.35 bits per heavy atom. The molecule has 6 heteroatoms. The average molecular weight is 271 g/mol. The van der Waals surface area contributed by atoms with E-state index in [1.54, 1.807) is 29.5 Å². The van der Waals surface area contributed by atoms with Crippen LogP contribution in [0.2, 0.25) is 0 Å². The van der Waals surface area contributed by atoms with E-state index in [0.717, 1.165) is 25.3 Å². The Hall–Kier alpha value is -2.21. The molecule has 1 aliphatic rings. The summed E-state index contributed by atoms with van der Waals surface area (Å²) in [5.41, 5.74) is 1.46. The molecule has 0 spiro atoms. The van der Waals surface area contributed by atoms with Gasteiger partial charge in [0.2, 0.25) is 0 Å². The van der Waals surface area contributed by atoms with Crippen molar-refractivity contribution < 1.29 is 4.79 Å². The number of piperazine rings is 1. The van der Waals surface area contributed by atoms with Crippen LogP contribution in [0.4, 0.5) is 0 Å². The minimum absolute atomic E-state index is 0.0362. The summed E-state index contributed by atoms with van der Waals surface area (Å²) in [6.07, 6.45) is 6.80. The second-order valence-electron chi connectivity index (χ2n) is 4.94. The van der Waals surface area contributed by atoms with Gasteiger partial charge in [-0.2, -0.15) is 5.10 Å². The molecule has 1 amide bonds. The Labute approximate surface area is 117 Å². The van der Waals surface area contributed by atoms with Gasteiger partial charge in [0.05, 0.1) is 23.6 Å². The molecule has 1 fully saturated rings. The molecule has 2 aromatic rings. The van der Waals surface area contributed by atoms with Crippen LogP contribution in [0, 0.1) is 0 Å². The summed E-state index contributed by atoms with van der Waals surface area (Å²) in [6, 6.07) is 3.96. The Morgan fingerprint density at radius 1 is 1.45 bits per heavy atom. The lowest BCUT2D eigenvalue weighted by Crippen LogP contribution is -2.52. The van der Waals surface area contributed by atoms with Crippen LogP contribution in [0.15, 0.2) is 36.9 Å². The number of hydrogen-bond donors (Lipinski definition) is 1. The molecule has 0 aromatic carbocycles. The van der Waals surface area contributed by atoms with Crippen LogP contribution < -0.4 is 5.32 Å². The molecule has 1 saturated heterocycles. The predicted octanol–water partition coefficient (Wildman–Crippen LogP) is 0.701. The number of aromatic nitrogens is 3. The SMILES string of the molecule is C[C@H]1CNCCN1C(=O)c1cnn(-c2cccnc2)c1. The van der Waals surface area contributed by atoms with E-state index < -0.39 is 0 Å². The van der Waals surface area contributed by atoms with Crippen molar-refractivity contribution in [2.75, 3.05) is 19.6 Å². The minimum Gasteiger partial charge on any atom is -0.333 e. The van der Waals surface area contributed by atoms with Crippen LogP contribution in [-0.4, -0.2) is 51.2 Å². The fourth-order valence-electron chi connectivity index (χ4n) is 2.37. The summed E-state index contributed by atoms with van der Waals surface area (Å²) in [7, 11) is 0. The van der Waals surface area contributed by atoms with Crippen LogP contribution in [0.3, 0.4) is 0 Å². The van der Waals surface area contributed by atoms with Crippen molar-refractivity contribution in [3.63, 3.8) is 0 Å². The van der Waals surface area contributed by atoms with Gasteiger partial charge < -0.3 is 10.2 Å². The number of carbonyl (C=O) groups is 1. The van der Waals surface area contributed by atoms with Crippen molar-refractivity contribution in [3.05, 3.63) is 42.5 Å². The summed E-state index contributed by atoms with van der Waals surface area (Å²) in [5.74, 6) is 0.0362. The van der Waals surface area contributed by atoms with Gasteiger partial charge in [-0.3, -0.25) is 9.78 Å². The third kappa shape index (κ3) is 2.42. The molecule has 3 rings (SSSR count). The molecule has 1 aliphatic heterocycles. The van der Waals surface area contributed by atoms with E-state index in [1.807, 2.05) is 17.0 Å². The molecule has 0 aliphatic carbocycles. The maximum Gasteiger partial charge on any atom is 0.257 e. The lowest BCUT2D eigenvalue weighted by molar-refractivity contribution is 0.0656. The summed E-state index contributed by atoms with van der Waals surface area (Å²) >= 11 is 0. The van der Waals surface area contributed by atoms with Crippen LogP contribution in [0.25, 0.3) is 5.69 Å². The Kier molecular flexibility index (Phi) is 3.47. The van der Waals surface area contributed by atoms with E-state index in [-0.39, 0.29) is 11.9 Å². The lowest BCUT2D eigenvalue weighted by atomic mass is 10.2. The standard InChI is InChI=1S/C14H17N5O/c1-11-7-16-5-6-18(11)14(20)12-8-17-19(10-12)13-3-2-4-15-9-13/h2-4,8-11,16H,5-7H2,1H3/t11-/m0/s1. The molecule has 0 saturated carbocycles. The predicted molar refractivity (Wildman–Crippen MR) is 74.7 cm³/mol. The van der Waals surface area contributed by atoms with Gasteiger partial charge in [-0.15, -0.1) is 0 Å². The number of carbonyl (C=O) groups excluding carboxylic acids is 1. The van der Waals surface area contributed by atoms with Gasteiger partial charge in [0.15, 0.2) is 0 Å². The van der Waals surface area contributed by atoms with Crippen molar-refractivity contribution in [2.24, 2.45) is 0 Å². The zero-order valence-electron chi connectivity index (χ0n) is 11.4. The Morgan fingerprint density at radius 3 is 3.10 bits per heavy atom. The lowest BCUT2D eigenvalue weighted by Gasteiger charge is -2.33. The Balaban J connectivity index is 1.81. The summed E-state index contributed by atoms with van der Waals surface area (Å²) in [4.78, 5) is 18.4. The smallest absolute Gasteiger partial charge is 0.257 e. The molecule has 2 aromatic heterocycles. The molecule has 0 unspecified atom stereocenters. The largest absolute Gasteiger partial charge is 0.333 e. The normalized spacial score (nSPS) is 19.1. The maximum atomic E-state index is 12.5. The van der Waals surface area contributed by atoms with Crippen LogP contribution in [0.5, 0.6) is 0 Å². The molecular weight excluding hydrogens is 254 g/mol. The number of hydrogen-bond acceptors (Lipinski definition) is 4. The first-order chi connectivity index (χ1) is 9.75. The molecule has 20 heavy (non-hydrogen) atoms. The average Bonchev–Trinajstić information content (AvgIpc) is 2.98. The maximum absolute atomic E-state index is 12.5. The third-order valence-electron chi connectivity index (χ3n) is 3.50. The van der Waals surface area contributed by atoms with Gasteiger partial charge >= 0.3 is 0 Å². The molecular formula is C14H17N5O. The van der Waals surface area contributed by atoms with Crippen molar-refractivity contribution in [3.8, 4) is 5.69 Å². The van der Waals surface area contributed by atoms with Crippen LogP contribution >= 0.6 is 0 Å². The quantitative estimate of drug-likeness (QED) is 0.873. The Bertz CT molecular complexity index is 595. The summed E-state index contributed by atoms with van der Waals surface area (Å²) < 4.78 is 1.67. The highest BCUT2D eigenvalue weighted by atomic mass is 16.2. The summed E-state index contributed by atoms with van der Waals surface area (Å²) in [5, 5.41) is 7.52. The summed E-state index contributed by atoms with van der Waals surface area (Å²) in [6.45, 7) is 4.46. The fraction of sp³-hybridized carbons (Fsp3) is 0.357. The highest BCUT2D eigenvalue weighted by Gasteiger charge is 2.24. The molecule has 0 bridgehead atoms. The third-order valence-corrected chi connectivity index (χ3v) is 3.50. The number of pyridine rings is 1. The van der Waals surface area contributed by atoms with E-state index in [9.17, 15) is 4.79 Å². The fourth-order valence-corrected chi connectivity index (χ4v) is 2.37. The highest BCUT2D eigenvalue weighted by Crippen LogP contribution is 2.12. The van der Waals surface area contributed by atoms with Gasteiger partial charge in [0.25, 0.3) is 5.91 Å². The molecule has 6 nitrogen and oxygen atoms in total. The second-order valence-corrected chi connectivity index (χ2v) is 4.94. The van der Waals surface area contributed by atoms with Crippen molar-refractivity contribution in [1.29, 1.82) is 0 Å². The first kappa shape index (κ1) is 12.8. The van der Waals surface area contributed by atoms with E-state index >= 15 is 0 Å². The van der Waals surface area contributed by atoms with Crippen LogP contribution in [0.1, 0.15) is 17.3 Å². The van der Waals surface area contributed by atoms with E-state index in [1.165, 1.54) is 0 Å². The van der Waals surface area contributed by atoms with E-state index in [0.29, 0.717) is 5.56 Å². The van der Waals surface area contributed by atoms with Gasteiger partial charge in [0.1, 0.15) is 0 Å². The van der Waals surface area contributed by atoms with Gasteiger partial charge in [-0.25, -0.2) is 4.68 Å². The zero-order chi connectivity index (χ0) is 13.9. The van der Waals surface area contributed by atoms with E-state index in [2.05, 4.69) is 22.3 Å². The van der Waals surface area contributed by atoms with Crippen LogP contribution in [-0.2, 0) is 0 Å². The topological polar surface area (TPSA) is 63.1 Å². The number of rotatable bonds is 2. The molecule has 3 heterocycles. The van der Waals surface area contributed by atoms with Gasteiger partial charge in [0, 0.05) is 38.1 Å². The minimum atomic E-state index is 0.0362. The van der Waals surface area contributed by atoms with Crippen molar-refractivity contribution >= 4 is 5.91 Å². The monoisotopic (exact) mass is 271 g/mol. The number of amides is 1. The van der Waals surface area contributed by atoms with E-state index in [4.69, 9.17) is 0 Å².